The lowest BCUT2D eigenvalue weighted by Crippen LogP contribution is -2.24. The maximum Gasteiger partial charge on any atom is 0.119 e. The van der Waals surface area contributed by atoms with Crippen molar-refractivity contribution in [2.75, 3.05) is 19.0 Å². The molecule has 3 nitrogen and oxygen atoms in total. The Morgan fingerprint density at radius 1 is 1.50 bits per heavy atom. The van der Waals surface area contributed by atoms with Crippen LogP contribution < -0.4 is 15.8 Å². The Morgan fingerprint density at radius 3 is 3.00 bits per heavy atom. The second-order valence-electron chi connectivity index (χ2n) is 3.79. The second-order valence-corrected chi connectivity index (χ2v) is 4.70. The Hall–Kier alpha value is -1.26. The van der Waals surface area contributed by atoms with Crippen molar-refractivity contribution >= 4 is 27.1 Å². The van der Waals surface area contributed by atoms with Crippen molar-refractivity contribution in [1.29, 1.82) is 0 Å². The SMILES string of the molecule is COc1ccc2scc(N[C@H](C)CN)c2c1. The average Bonchev–Trinajstić information content (AvgIpc) is 2.71. The number of benzene rings is 1. The zero-order valence-corrected chi connectivity index (χ0v) is 10.3. The molecule has 2 rings (SSSR count). The molecular formula is C12H16N2OS. The quantitative estimate of drug-likeness (QED) is 0.858. The van der Waals surface area contributed by atoms with Crippen LogP contribution in [0.15, 0.2) is 23.6 Å². The van der Waals surface area contributed by atoms with Crippen LogP contribution in [0.3, 0.4) is 0 Å². The van der Waals surface area contributed by atoms with Crippen molar-refractivity contribution in [1.82, 2.24) is 0 Å². The summed E-state index contributed by atoms with van der Waals surface area (Å²) in [4.78, 5) is 0. The molecule has 1 heterocycles. The summed E-state index contributed by atoms with van der Waals surface area (Å²) in [5, 5.41) is 6.72. The third kappa shape index (κ3) is 2.13. The highest BCUT2D eigenvalue weighted by atomic mass is 32.1. The Balaban J connectivity index is 2.38. The number of hydrogen-bond donors (Lipinski definition) is 2. The van der Waals surface area contributed by atoms with E-state index in [1.165, 1.54) is 10.1 Å². The van der Waals surface area contributed by atoms with Crippen molar-refractivity contribution in [2.24, 2.45) is 5.73 Å². The van der Waals surface area contributed by atoms with Gasteiger partial charge in [0.25, 0.3) is 0 Å². The van der Waals surface area contributed by atoms with Crippen LogP contribution in [-0.4, -0.2) is 19.7 Å². The topological polar surface area (TPSA) is 47.3 Å². The number of anilines is 1. The van der Waals surface area contributed by atoms with Gasteiger partial charge in [-0.3, -0.25) is 0 Å². The lowest BCUT2D eigenvalue weighted by Gasteiger charge is -2.11. The van der Waals surface area contributed by atoms with Crippen molar-refractivity contribution in [3.8, 4) is 5.75 Å². The van der Waals surface area contributed by atoms with Gasteiger partial charge in [0.2, 0.25) is 0 Å². The van der Waals surface area contributed by atoms with Crippen LogP contribution in [0.4, 0.5) is 5.69 Å². The molecule has 0 bridgehead atoms. The predicted molar refractivity (Wildman–Crippen MR) is 70.5 cm³/mol. The third-order valence-corrected chi connectivity index (χ3v) is 3.50. The van der Waals surface area contributed by atoms with E-state index in [9.17, 15) is 0 Å². The van der Waals surface area contributed by atoms with E-state index < -0.39 is 0 Å². The Bertz CT molecular complexity index is 481. The normalized spacial score (nSPS) is 12.7. The molecule has 0 saturated carbocycles. The van der Waals surface area contributed by atoms with Crippen LogP contribution in [-0.2, 0) is 0 Å². The van der Waals surface area contributed by atoms with Crippen LogP contribution in [0.1, 0.15) is 6.92 Å². The van der Waals surface area contributed by atoms with Gasteiger partial charge in [-0.05, 0) is 25.1 Å². The van der Waals surface area contributed by atoms with E-state index >= 15 is 0 Å². The van der Waals surface area contributed by atoms with E-state index in [2.05, 4.69) is 29.8 Å². The highest BCUT2D eigenvalue weighted by molar-refractivity contribution is 7.17. The number of fused-ring (bicyclic) bond motifs is 1. The molecule has 16 heavy (non-hydrogen) atoms. The van der Waals surface area contributed by atoms with Crippen LogP contribution >= 0.6 is 11.3 Å². The first-order valence-corrected chi connectivity index (χ1v) is 6.14. The summed E-state index contributed by atoms with van der Waals surface area (Å²) < 4.78 is 6.49. The molecule has 4 heteroatoms. The summed E-state index contributed by atoms with van der Waals surface area (Å²) in [5.41, 5.74) is 6.74. The predicted octanol–water partition coefficient (Wildman–Crippen LogP) is 2.67. The summed E-state index contributed by atoms with van der Waals surface area (Å²) >= 11 is 1.73. The number of rotatable bonds is 4. The van der Waals surface area contributed by atoms with Gasteiger partial charge in [-0.25, -0.2) is 0 Å². The van der Waals surface area contributed by atoms with Gasteiger partial charge in [-0.1, -0.05) is 0 Å². The number of nitrogens with two attached hydrogens (primary N) is 1. The molecule has 0 unspecified atom stereocenters. The zero-order valence-electron chi connectivity index (χ0n) is 9.49. The van der Waals surface area contributed by atoms with Gasteiger partial charge in [0, 0.05) is 28.1 Å². The fraction of sp³-hybridized carbons (Fsp3) is 0.333. The van der Waals surface area contributed by atoms with Gasteiger partial charge in [-0.15, -0.1) is 11.3 Å². The zero-order chi connectivity index (χ0) is 11.5. The number of thiophene rings is 1. The lowest BCUT2D eigenvalue weighted by molar-refractivity contribution is 0.415. The smallest absolute Gasteiger partial charge is 0.119 e. The molecule has 0 aliphatic rings. The van der Waals surface area contributed by atoms with Gasteiger partial charge in [0.1, 0.15) is 5.75 Å². The van der Waals surface area contributed by atoms with Crippen molar-refractivity contribution < 1.29 is 4.74 Å². The van der Waals surface area contributed by atoms with E-state index in [-0.39, 0.29) is 6.04 Å². The number of ether oxygens (including phenoxy) is 1. The first-order chi connectivity index (χ1) is 7.74. The molecule has 0 spiro atoms. The van der Waals surface area contributed by atoms with Gasteiger partial charge >= 0.3 is 0 Å². The fourth-order valence-corrected chi connectivity index (χ4v) is 2.45. The Labute approximate surface area is 99.2 Å². The number of nitrogens with one attached hydrogen (secondary N) is 1. The lowest BCUT2D eigenvalue weighted by atomic mass is 10.2. The second kappa shape index (κ2) is 4.72. The first kappa shape index (κ1) is 11.2. The number of methoxy groups -OCH3 is 1. The Kier molecular flexibility index (Phi) is 3.31. The van der Waals surface area contributed by atoms with Crippen LogP contribution in [0.5, 0.6) is 5.75 Å². The molecule has 0 fully saturated rings. The molecule has 1 aromatic carbocycles. The maximum atomic E-state index is 5.60. The monoisotopic (exact) mass is 236 g/mol. The van der Waals surface area contributed by atoms with Gasteiger partial charge in [0.15, 0.2) is 0 Å². The highest BCUT2D eigenvalue weighted by Gasteiger charge is 2.07. The summed E-state index contributed by atoms with van der Waals surface area (Å²) in [5.74, 6) is 0.884. The van der Waals surface area contributed by atoms with Crippen LogP contribution in [0.2, 0.25) is 0 Å². The van der Waals surface area contributed by atoms with E-state index in [1.807, 2.05) is 6.07 Å². The Morgan fingerprint density at radius 2 is 2.31 bits per heavy atom. The standard InChI is InChI=1S/C12H16N2OS/c1-8(6-13)14-11-7-16-12-4-3-9(15-2)5-10(11)12/h3-5,7-8,14H,6,13H2,1-2H3/t8-/m1/s1. The summed E-state index contributed by atoms with van der Waals surface area (Å²) in [6, 6.07) is 6.40. The van der Waals surface area contributed by atoms with Crippen LogP contribution in [0.25, 0.3) is 10.1 Å². The van der Waals surface area contributed by atoms with E-state index in [4.69, 9.17) is 10.5 Å². The van der Waals surface area contributed by atoms with Gasteiger partial charge in [-0.2, -0.15) is 0 Å². The van der Waals surface area contributed by atoms with Gasteiger partial charge in [0.05, 0.1) is 12.8 Å². The van der Waals surface area contributed by atoms with E-state index in [1.54, 1.807) is 18.4 Å². The van der Waals surface area contributed by atoms with Crippen molar-refractivity contribution in [3.63, 3.8) is 0 Å². The molecule has 2 aromatic rings. The van der Waals surface area contributed by atoms with E-state index in [0.717, 1.165) is 11.4 Å². The molecular weight excluding hydrogens is 220 g/mol. The minimum atomic E-state index is 0.281. The first-order valence-electron chi connectivity index (χ1n) is 5.26. The largest absolute Gasteiger partial charge is 0.497 e. The molecule has 1 aromatic heterocycles. The van der Waals surface area contributed by atoms with Crippen molar-refractivity contribution in [2.45, 2.75) is 13.0 Å². The molecule has 0 amide bonds. The molecule has 0 radical (unpaired) electrons. The molecule has 86 valence electrons. The molecule has 0 aliphatic carbocycles. The molecule has 3 N–H and O–H groups in total. The fourth-order valence-electron chi connectivity index (χ4n) is 1.57. The average molecular weight is 236 g/mol. The van der Waals surface area contributed by atoms with Gasteiger partial charge < -0.3 is 15.8 Å². The molecule has 0 aliphatic heterocycles. The summed E-state index contributed by atoms with van der Waals surface area (Å²) in [7, 11) is 1.68. The summed E-state index contributed by atoms with van der Waals surface area (Å²) in [6.45, 7) is 2.70. The van der Waals surface area contributed by atoms with Crippen LogP contribution in [0, 0.1) is 0 Å². The van der Waals surface area contributed by atoms with E-state index in [0.29, 0.717) is 6.54 Å². The molecule has 0 saturated heterocycles. The maximum absolute atomic E-state index is 5.60. The minimum absolute atomic E-state index is 0.281. The van der Waals surface area contributed by atoms with Crippen molar-refractivity contribution in [3.05, 3.63) is 23.6 Å². The third-order valence-electron chi connectivity index (χ3n) is 2.54. The minimum Gasteiger partial charge on any atom is -0.497 e. The highest BCUT2D eigenvalue weighted by Crippen LogP contribution is 2.33. The number of hydrogen-bond acceptors (Lipinski definition) is 4. The molecule has 1 atom stereocenters. The summed E-state index contributed by atoms with van der Waals surface area (Å²) in [6.07, 6.45) is 0.